The van der Waals surface area contributed by atoms with Crippen molar-refractivity contribution in [2.24, 2.45) is 5.84 Å². The molecule has 5 heteroatoms. The smallest absolute Gasteiger partial charge is 0.265 e. The summed E-state index contributed by atoms with van der Waals surface area (Å²) in [4.78, 5) is 12.4. The Hall–Kier alpha value is -1.72. The fraction of sp³-hybridized carbons (Fsp3) is 0.154. The molecule has 18 heavy (non-hydrogen) atoms. The van der Waals surface area contributed by atoms with Crippen LogP contribution in [-0.4, -0.2) is 5.91 Å². The number of benzene rings is 1. The molecule has 4 nitrogen and oxygen atoms in total. The van der Waals surface area contributed by atoms with Crippen molar-refractivity contribution < 1.29 is 9.21 Å². The van der Waals surface area contributed by atoms with Gasteiger partial charge in [0.1, 0.15) is 5.76 Å². The maximum atomic E-state index is 11.3. The molecule has 0 aliphatic carbocycles. The highest BCUT2D eigenvalue weighted by atomic mass is 32.2. The predicted molar refractivity (Wildman–Crippen MR) is 71.1 cm³/mol. The van der Waals surface area contributed by atoms with E-state index in [1.807, 2.05) is 25.1 Å². The second-order valence-corrected chi connectivity index (χ2v) is 4.82. The van der Waals surface area contributed by atoms with Crippen molar-refractivity contribution in [2.45, 2.75) is 17.6 Å². The largest absolute Gasteiger partial charge is 0.468 e. The van der Waals surface area contributed by atoms with Crippen LogP contribution in [0.25, 0.3) is 0 Å². The number of nitrogen functional groups attached to an aromatic ring is 1. The number of nitrogens with two attached hydrogens (primary N) is 1. The predicted octanol–water partition coefficient (Wildman–Crippen LogP) is 2.48. The Labute approximate surface area is 110 Å². The number of aryl methyl sites for hydroxylation is 1. The number of furan rings is 1. The first-order valence-corrected chi connectivity index (χ1v) is 6.46. The van der Waals surface area contributed by atoms with Gasteiger partial charge in [0.2, 0.25) is 0 Å². The van der Waals surface area contributed by atoms with Gasteiger partial charge in [-0.3, -0.25) is 10.2 Å². The van der Waals surface area contributed by atoms with E-state index in [4.69, 9.17) is 10.3 Å². The number of hydrogen-bond donors (Lipinski definition) is 2. The Morgan fingerprint density at radius 1 is 1.33 bits per heavy atom. The van der Waals surface area contributed by atoms with Crippen LogP contribution >= 0.6 is 11.8 Å². The van der Waals surface area contributed by atoms with E-state index in [0.717, 1.165) is 22.0 Å². The van der Waals surface area contributed by atoms with Crippen LogP contribution in [0, 0.1) is 6.92 Å². The topological polar surface area (TPSA) is 68.3 Å². The van der Waals surface area contributed by atoms with Gasteiger partial charge in [0.25, 0.3) is 5.91 Å². The van der Waals surface area contributed by atoms with Gasteiger partial charge in [-0.2, -0.15) is 0 Å². The van der Waals surface area contributed by atoms with Crippen LogP contribution in [-0.2, 0) is 5.75 Å². The highest BCUT2D eigenvalue weighted by Gasteiger charge is 2.05. The minimum atomic E-state index is -0.278. The Morgan fingerprint density at radius 3 is 2.61 bits per heavy atom. The van der Waals surface area contributed by atoms with Gasteiger partial charge in [-0.05, 0) is 30.7 Å². The van der Waals surface area contributed by atoms with Crippen LogP contribution in [0.15, 0.2) is 45.9 Å². The zero-order chi connectivity index (χ0) is 13.0. The number of thioether (sulfide) groups is 1. The molecule has 2 aromatic rings. The van der Waals surface area contributed by atoms with Crippen LogP contribution in [0.4, 0.5) is 0 Å². The molecule has 0 fully saturated rings. The second kappa shape index (κ2) is 5.75. The second-order valence-electron chi connectivity index (χ2n) is 3.80. The first-order chi connectivity index (χ1) is 8.70. The minimum absolute atomic E-state index is 0.278. The van der Waals surface area contributed by atoms with E-state index in [1.54, 1.807) is 30.2 Å². The maximum absolute atomic E-state index is 11.3. The molecule has 2 rings (SSSR count). The molecule has 0 aliphatic heterocycles. The van der Waals surface area contributed by atoms with E-state index >= 15 is 0 Å². The van der Waals surface area contributed by atoms with Crippen LogP contribution in [0.5, 0.6) is 0 Å². The Morgan fingerprint density at radius 2 is 2.06 bits per heavy atom. The zero-order valence-corrected chi connectivity index (χ0v) is 10.8. The number of hydrogen-bond acceptors (Lipinski definition) is 4. The third-order valence-electron chi connectivity index (χ3n) is 2.55. The van der Waals surface area contributed by atoms with Crippen LogP contribution in [0.2, 0.25) is 0 Å². The molecule has 1 heterocycles. The van der Waals surface area contributed by atoms with Crippen molar-refractivity contribution in [1.82, 2.24) is 5.43 Å². The van der Waals surface area contributed by atoms with E-state index in [2.05, 4.69) is 5.43 Å². The van der Waals surface area contributed by atoms with Crippen molar-refractivity contribution in [3.8, 4) is 0 Å². The lowest BCUT2D eigenvalue weighted by Crippen LogP contribution is -2.29. The summed E-state index contributed by atoms with van der Waals surface area (Å²) in [6.07, 6.45) is 1.69. The fourth-order valence-corrected chi connectivity index (χ4v) is 2.44. The Bertz CT molecular complexity index is 534. The molecule has 3 N–H and O–H groups in total. The monoisotopic (exact) mass is 262 g/mol. The summed E-state index contributed by atoms with van der Waals surface area (Å²) in [6.45, 7) is 1.94. The van der Waals surface area contributed by atoms with Crippen molar-refractivity contribution in [3.05, 3.63) is 53.5 Å². The molecule has 0 saturated carbocycles. The zero-order valence-electron chi connectivity index (χ0n) is 9.97. The molecular weight excluding hydrogens is 248 g/mol. The van der Waals surface area contributed by atoms with E-state index < -0.39 is 0 Å². The van der Waals surface area contributed by atoms with Gasteiger partial charge in [0.15, 0.2) is 0 Å². The van der Waals surface area contributed by atoms with Crippen LogP contribution in [0.1, 0.15) is 21.7 Å². The van der Waals surface area contributed by atoms with Gasteiger partial charge in [0, 0.05) is 16.2 Å². The van der Waals surface area contributed by atoms with E-state index in [-0.39, 0.29) is 5.91 Å². The third-order valence-corrected chi connectivity index (χ3v) is 3.76. The summed E-state index contributed by atoms with van der Waals surface area (Å²) in [5.41, 5.74) is 3.81. The van der Waals surface area contributed by atoms with Crippen molar-refractivity contribution in [2.75, 3.05) is 0 Å². The molecule has 0 bridgehead atoms. The van der Waals surface area contributed by atoms with Crippen LogP contribution in [0.3, 0.4) is 0 Å². The molecule has 1 amide bonds. The SMILES string of the molecule is Cc1occc1SCc1ccc(C(=O)NN)cc1. The third kappa shape index (κ3) is 2.94. The molecule has 0 unspecified atom stereocenters. The lowest BCUT2D eigenvalue weighted by Gasteiger charge is -2.03. The fourth-order valence-electron chi connectivity index (χ4n) is 1.52. The molecule has 0 spiro atoms. The number of rotatable bonds is 4. The summed E-state index contributed by atoms with van der Waals surface area (Å²) in [6, 6.07) is 9.33. The number of nitrogens with one attached hydrogen (secondary N) is 1. The van der Waals surface area contributed by atoms with E-state index in [0.29, 0.717) is 5.56 Å². The molecule has 94 valence electrons. The molecular formula is C13H14N2O2S. The molecule has 1 aromatic carbocycles. The Balaban J connectivity index is 1.98. The number of carbonyl (C=O) groups excluding carboxylic acids is 1. The normalized spacial score (nSPS) is 10.3. The first kappa shape index (κ1) is 12.7. The van der Waals surface area contributed by atoms with Gasteiger partial charge in [0.05, 0.1) is 6.26 Å². The van der Waals surface area contributed by atoms with Gasteiger partial charge in [-0.25, -0.2) is 5.84 Å². The summed E-state index contributed by atoms with van der Waals surface area (Å²) in [5.74, 6) is 6.56. The lowest BCUT2D eigenvalue weighted by molar-refractivity contribution is 0.0953. The number of amides is 1. The maximum Gasteiger partial charge on any atom is 0.265 e. The Kier molecular flexibility index (Phi) is 4.07. The summed E-state index contributed by atoms with van der Waals surface area (Å²) >= 11 is 1.71. The van der Waals surface area contributed by atoms with Crippen molar-refractivity contribution >= 4 is 17.7 Å². The first-order valence-electron chi connectivity index (χ1n) is 5.47. The number of carbonyl (C=O) groups is 1. The highest BCUT2D eigenvalue weighted by molar-refractivity contribution is 7.98. The van der Waals surface area contributed by atoms with Crippen molar-refractivity contribution in [1.29, 1.82) is 0 Å². The van der Waals surface area contributed by atoms with E-state index in [1.165, 1.54) is 0 Å². The number of hydrazine groups is 1. The van der Waals surface area contributed by atoms with Crippen LogP contribution < -0.4 is 11.3 Å². The standard InChI is InChI=1S/C13H14N2O2S/c1-9-12(6-7-17-9)18-8-10-2-4-11(5-3-10)13(16)15-14/h2-7H,8,14H2,1H3,(H,15,16). The highest BCUT2D eigenvalue weighted by Crippen LogP contribution is 2.26. The van der Waals surface area contributed by atoms with Gasteiger partial charge >= 0.3 is 0 Å². The van der Waals surface area contributed by atoms with Gasteiger partial charge < -0.3 is 4.42 Å². The quantitative estimate of drug-likeness (QED) is 0.384. The van der Waals surface area contributed by atoms with Gasteiger partial charge in [-0.1, -0.05) is 12.1 Å². The molecule has 0 saturated heterocycles. The molecule has 1 aromatic heterocycles. The molecule has 0 radical (unpaired) electrons. The molecule has 0 atom stereocenters. The van der Waals surface area contributed by atoms with Gasteiger partial charge in [-0.15, -0.1) is 11.8 Å². The average Bonchev–Trinajstić information content (AvgIpc) is 2.81. The lowest BCUT2D eigenvalue weighted by atomic mass is 10.1. The van der Waals surface area contributed by atoms with Crippen molar-refractivity contribution in [3.63, 3.8) is 0 Å². The average molecular weight is 262 g/mol. The van der Waals surface area contributed by atoms with E-state index in [9.17, 15) is 4.79 Å². The molecule has 0 aliphatic rings. The summed E-state index contributed by atoms with van der Waals surface area (Å²) in [5, 5.41) is 0. The minimum Gasteiger partial charge on any atom is -0.468 e. The summed E-state index contributed by atoms with van der Waals surface area (Å²) < 4.78 is 5.23. The summed E-state index contributed by atoms with van der Waals surface area (Å²) in [7, 11) is 0.